The highest BCUT2D eigenvalue weighted by Gasteiger charge is 2.14. The summed E-state index contributed by atoms with van der Waals surface area (Å²) < 4.78 is 31.9. The number of benzene rings is 2. The van der Waals surface area contributed by atoms with Crippen LogP contribution in [0.5, 0.6) is 5.75 Å². The lowest BCUT2D eigenvalue weighted by Gasteiger charge is -2.16. The van der Waals surface area contributed by atoms with E-state index < -0.39 is 11.6 Å². The lowest BCUT2D eigenvalue weighted by atomic mass is 10.1. The Hall–Kier alpha value is -2.10. The van der Waals surface area contributed by atoms with Crippen LogP contribution in [0.15, 0.2) is 36.4 Å². The van der Waals surface area contributed by atoms with Crippen LogP contribution in [-0.2, 0) is 6.42 Å². The van der Waals surface area contributed by atoms with Crippen LogP contribution in [-0.4, -0.2) is 6.61 Å². The molecule has 0 bridgehead atoms. The lowest BCUT2D eigenvalue weighted by Crippen LogP contribution is -2.07. The first-order chi connectivity index (χ1) is 9.61. The van der Waals surface area contributed by atoms with Gasteiger partial charge in [0.2, 0.25) is 0 Å². The first kappa shape index (κ1) is 12.9. The summed E-state index contributed by atoms with van der Waals surface area (Å²) in [5, 5.41) is 3.25. The van der Waals surface area contributed by atoms with Gasteiger partial charge in [0.15, 0.2) is 0 Å². The van der Waals surface area contributed by atoms with Crippen molar-refractivity contribution in [3.05, 3.63) is 59.2 Å². The molecule has 4 heteroatoms. The minimum Gasteiger partial charge on any atom is -0.493 e. The molecule has 1 aliphatic heterocycles. The van der Waals surface area contributed by atoms with Crippen molar-refractivity contribution in [3.8, 4) is 5.75 Å². The van der Waals surface area contributed by atoms with Gasteiger partial charge in [-0.1, -0.05) is 0 Å². The molecule has 1 aliphatic rings. The molecule has 20 heavy (non-hydrogen) atoms. The minimum atomic E-state index is -0.559. The number of fused-ring (bicyclic) bond motifs is 1. The molecule has 0 fully saturated rings. The summed E-state index contributed by atoms with van der Waals surface area (Å²) in [6, 6.07) is 9.24. The first-order valence-electron chi connectivity index (χ1n) is 6.60. The molecule has 1 unspecified atom stereocenters. The average molecular weight is 275 g/mol. The van der Waals surface area contributed by atoms with Crippen LogP contribution in [0.2, 0.25) is 0 Å². The van der Waals surface area contributed by atoms with Gasteiger partial charge in [-0.05, 0) is 48.4 Å². The van der Waals surface area contributed by atoms with Crippen LogP contribution >= 0.6 is 0 Å². The first-order valence-corrected chi connectivity index (χ1v) is 6.60. The summed E-state index contributed by atoms with van der Waals surface area (Å²) in [7, 11) is 0. The van der Waals surface area contributed by atoms with Crippen molar-refractivity contribution in [2.75, 3.05) is 11.9 Å². The SMILES string of the molecule is CC(Nc1ccc2c(c1)CCO2)c1cc(F)cc(F)c1. The van der Waals surface area contributed by atoms with Gasteiger partial charge in [-0.15, -0.1) is 0 Å². The van der Waals surface area contributed by atoms with E-state index in [0.29, 0.717) is 12.2 Å². The third kappa shape index (κ3) is 2.59. The van der Waals surface area contributed by atoms with Gasteiger partial charge in [-0.3, -0.25) is 0 Å². The molecule has 1 heterocycles. The van der Waals surface area contributed by atoms with Gasteiger partial charge in [0.25, 0.3) is 0 Å². The molecule has 2 aromatic carbocycles. The maximum absolute atomic E-state index is 13.2. The smallest absolute Gasteiger partial charge is 0.126 e. The standard InChI is InChI=1S/C16H15F2NO/c1-10(12-6-13(17)9-14(18)7-12)19-15-2-3-16-11(8-15)4-5-20-16/h2-3,6-10,19H,4-5H2,1H3. The fraction of sp³-hybridized carbons (Fsp3) is 0.250. The highest BCUT2D eigenvalue weighted by molar-refractivity contribution is 5.53. The van der Waals surface area contributed by atoms with Crippen LogP contribution in [0.3, 0.4) is 0 Å². The second-order valence-electron chi connectivity index (χ2n) is 4.99. The molecule has 3 rings (SSSR count). The second kappa shape index (κ2) is 5.12. The van der Waals surface area contributed by atoms with Gasteiger partial charge >= 0.3 is 0 Å². The monoisotopic (exact) mass is 275 g/mol. The minimum absolute atomic E-state index is 0.180. The molecule has 2 aromatic rings. The second-order valence-corrected chi connectivity index (χ2v) is 4.99. The molecule has 0 amide bonds. The van der Waals surface area contributed by atoms with Gasteiger partial charge in [-0.25, -0.2) is 8.78 Å². The molecule has 2 nitrogen and oxygen atoms in total. The van der Waals surface area contributed by atoms with E-state index in [9.17, 15) is 8.78 Å². The van der Waals surface area contributed by atoms with E-state index in [1.54, 1.807) is 0 Å². The van der Waals surface area contributed by atoms with Crippen LogP contribution in [0.4, 0.5) is 14.5 Å². The molecule has 0 radical (unpaired) electrons. The molecule has 0 saturated heterocycles. The van der Waals surface area contributed by atoms with Gasteiger partial charge in [0, 0.05) is 24.2 Å². The van der Waals surface area contributed by atoms with Gasteiger partial charge < -0.3 is 10.1 Å². The number of nitrogens with one attached hydrogen (secondary N) is 1. The number of hydrogen-bond acceptors (Lipinski definition) is 2. The Labute approximate surface area is 116 Å². The van der Waals surface area contributed by atoms with Crippen LogP contribution in [0.25, 0.3) is 0 Å². The summed E-state index contributed by atoms with van der Waals surface area (Å²) in [6.45, 7) is 2.58. The van der Waals surface area contributed by atoms with E-state index in [1.807, 2.05) is 25.1 Å². The largest absolute Gasteiger partial charge is 0.493 e. The quantitative estimate of drug-likeness (QED) is 0.911. The zero-order valence-electron chi connectivity index (χ0n) is 11.1. The molecular formula is C16H15F2NO. The highest BCUT2D eigenvalue weighted by atomic mass is 19.1. The van der Waals surface area contributed by atoms with E-state index in [4.69, 9.17) is 4.74 Å². The zero-order valence-corrected chi connectivity index (χ0v) is 11.1. The maximum Gasteiger partial charge on any atom is 0.126 e. The van der Waals surface area contributed by atoms with E-state index in [2.05, 4.69) is 5.32 Å². The molecule has 104 valence electrons. The van der Waals surface area contributed by atoms with Crippen molar-refractivity contribution in [2.24, 2.45) is 0 Å². The van der Waals surface area contributed by atoms with E-state index in [0.717, 1.165) is 29.5 Å². The number of rotatable bonds is 3. The molecule has 1 atom stereocenters. The summed E-state index contributed by atoms with van der Waals surface area (Å²) in [4.78, 5) is 0. The molecular weight excluding hydrogens is 260 g/mol. The van der Waals surface area contributed by atoms with Crippen LogP contribution in [0.1, 0.15) is 24.1 Å². The van der Waals surface area contributed by atoms with Gasteiger partial charge in [-0.2, -0.15) is 0 Å². The van der Waals surface area contributed by atoms with Crippen molar-refractivity contribution in [1.82, 2.24) is 0 Å². The van der Waals surface area contributed by atoms with Crippen LogP contribution in [0, 0.1) is 11.6 Å². The topological polar surface area (TPSA) is 21.3 Å². The summed E-state index contributed by atoms with van der Waals surface area (Å²) in [6.07, 6.45) is 0.897. The predicted molar refractivity (Wildman–Crippen MR) is 74.0 cm³/mol. The highest BCUT2D eigenvalue weighted by Crippen LogP contribution is 2.29. The number of anilines is 1. The molecule has 0 saturated carbocycles. The van der Waals surface area contributed by atoms with E-state index in [-0.39, 0.29) is 6.04 Å². The number of halogens is 2. The van der Waals surface area contributed by atoms with Crippen molar-refractivity contribution in [3.63, 3.8) is 0 Å². The summed E-state index contributed by atoms with van der Waals surface area (Å²) in [5.41, 5.74) is 2.67. The zero-order chi connectivity index (χ0) is 14.1. The third-order valence-electron chi connectivity index (χ3n) is 3.46. The Morgan fingerprint density at radius 2 is 1.85 bits per heavy atom. The Kier molecular flexibility index (Phi) is 3.30. The number of ether oxygens (including phenoxy) is 1. The number of hydrogen-bond donors (Lipinski definition) is 1. The third-order valence-corrected chi connectivity index (χ3v) is 3.46. The van der Waals surface area contributed by atoms with Gasteiger partial charge in [0.05, 0.1) is 6.61 Å². The lowest BCUT2D eigenvalue weighted by molar-refractivity contribution is 0.357. The van der Waals surface area contributed by atoms with Crippen LogP contribution < -0.4 is 10.1 Å². The average Bonchev–Trinajstić information content (AvgIpc) is 2.85. The summed E-state index contributed by atoms with van der Waals surface area (Å²) >= 11 is 0. The molecule has 0 aromatic heterocycles. The van der Waals surface area contributed by atoms with Crippen molar-refractivity contribution in [2.45, 2.75) is 19.4 Å². The Balaban J connectivity index is 1.80. The predicted octanol–water partition coefficient (Wildman–Crippen LogP) is 4.07. The van der Waals surface area contributed by atoms with E-state index >= 15 is 0 Å². The molecule has 0 aliphatic carbocycles. The normalized spacial score (nSPS) is 14.6. The fourth-order valence-corrected chi connectivity index (χ4v) is 2.43. The van der Waals surface area contributed by atoms with Crippen molar-refractivity contribution in [1.29, 1.82) is 0 Å². The Bertz CT molecular complexity index is 622. The van der Waals surface area contributed by atoms with Crippen molar-refractivity contribution < 1.29 is 13.5 Å². The van der Waals surface area contributed by atoms with E-state index in [1.165, 1.54) is 12.1 Å². The fourth-order valence-electron chi connectivity index (χ4n) is 2.43. The molecule has 1 N–H and O–H groups in total. The Morgan fingerprint density at radius 1 is 1.10 bits per heavy atom. The molecule has 0 spiro atoms. The Morgan fingerprint density at radius 3 is 2.60 bits per heavy atom. The maximum atomic E-state index is 13.2. The summed E-state index contributed by atoms with van der Waals surface area (Å²) in [5.74, 6) is -0.202. The van der Waals surface area contributed by atoms with Gasteiger partial charge in [0.1, 0.15) is 17.4 Å². The van der Waals surface area contributed by atoms with Crippen molar-refractivity contribution >= 4 is 5.69 Å².